The number of hydrogen-bond donors (Lipinski definition) is 3. The first-order valence-electron chi connectivity index (χ1n) is 9.65. The van der Waals surface area contributed by atoms with Crippen LogP contribution in [0, 0.1) is 16.0 Å². The molecule has 4 N–H and O–H groups in total. The Labute approximate surface area is 172 Å². The average Bonchev–Trinajstić information content (AvgIpc) is 3.18. The van der Waals surface area contributed by atoms with Crippen molar-refractivity contribution >= 4 is 39.8 Å². The van der Waals surface area contributed by atoms with Crippen LogP contribution in [-0.4, -0.2) is 34.8 Å². The Morgan fingerprint density at radius 1 is 1.13 bits per heavy atom. The lowest BCUT2D eigenvalue weighted by Crippen LogP contribution is -2.38. The largest absolute Gasteiger partial charge is 0.370 e. The van der Waals surface area contributed by atoms with E-state index in [9.17, 15) is 19.7 Å². The fraction of sp³-hybridized carbons (Fsp3) is 0.238. The van der Waals surface area contributed by atoms with E-state index in [2.05, 4.69) is 15.2 Å². The molecule has 2 aromatic carbocycles. The summed E-state index contributed by atoms with van der Waals surface area (Å²) in [6.45, 7) is 1.33. The number of aromatic nitrogens is 1. The summed E-state index contributed by atoms with van der Waals surface area (Å²) in [6.07, 6.45) is 1.34. The molecule has 0 atom stereocenters. The minimum absolute atomic E-state index is 0.0794. The Hall–Kier alpha value is -3.88. The number of carbonyl (C=O) groups is 2. The van der Waals surface area contributed by atoms with Gasteiger partial charge in [0.1, 0.15) is 11.2 Å². The minimum atomic E-state index is -0.481. The molecular weight excluding hydrogens is 386 g/mol. The van der Waals surface area contributed by atoms with Gasteiger partial charge in [-0.3, -0.25) is 19.7 Å². The maximum atomic E-state index is 12.8. The van der Waals surface area contributed by atoms with Gasteiger partial charge in [-0.1, -0.05) is 24.3 Å². The van der Waals surface area contributed by atoms with Crippen molar-refractivity contribution in [3.63, 3.8) is 0 Å². The monoisotopic (exact) mass is 407 g/mol. The number of anilines is 2. The van der Waals surface area contributed by atoms with E-state index in [1.807, 2.05) is 18.2 Å². The molecule has 9 nitrogen and oxygen atoms in total. The van der Waals surface area contributed by atoms with Crippen molar-refractivity contribution in [3.8, 4) is 0 Å². The summed E-state index contributed by atoms with van der Waals surface area (Å²) in [6, 6.07) is 13.7. The SMILES string of the molecule is NC(=O)C1CCN(c2ccccc2NC(=O)c2cc3cccc([N+](=O)[O-])c3[nH]2)CC1. The van der Waals surface area contributed by atoms with Crippen molar-refractivity contribution in [2.45, 2.75) is 12.8 Å². The van der Waals surface area contributed by atoms with Crippen molar-refractivity contribution in [2.75, 3.05) is 23.3 Å². The maximum absolute atomic E-state index is 12.8. The highest BCUT2D eigenvalue weighted by Crippen LogP contribution is 2.31. The van der Waals surface area contributed by atoms with Crippen LogP contribution in [0.5, 0.6) is 0 Å². The molecular formula is C21H21N5O4. The third-order valence-corrected chi connectivity index (χ3v) is 5.47. The van der Waals surface area contributed by atoms with E-state index in [0.29, 0.717) is 42.5 Å². The lowest BCUT2D eigenvalue weighted by atomic mass is 9.96. The number of benzene rings is 2. The van der Waals surface area contributed by atoms with Gasteiger partial charge in [-0.15, -0.1) is 0 Å². The maximum Gasteiger partial charge on any atom is 0.293 e. The number of nitro benzene ring substituents is 1. The number of nitrogens with two attached hydrogens (primary N) is 1. The number of rotatable bonds is 5. The van der Waals surface area contributed by atoms with Gasteiger partial charge < -0.3 is 20.9 Å². The number of fused-ring (bicyclic) bond motifs is 1. The molecule has 0 radical (unpaired) electrons. The topological polar surface area (TPSA) is 134 Å². The summed E-state index contributed by atoms with van der Waals surface area (Å²) in [5.41, 5.74) is 7.37. The second-order valence-corrected chi connectivity index (χ2v) is 7.32. The fourth-order valence-electron chi connectivity index (χ4n) is 3.86. The number of H-pyrrole nitrogens is 1. The van der Waals surface area contributed by atoms with E-state index >= 15 is 0 Å². The first-order chi connectivity index (χ1) is 14.4. The second kappa shape index (κ2) is 7.86. The Kier molecular flexibility index (Phi) is 5.09. The van der Waals surface area contributed by atoms with Crippen molar-refractivity contribution in [3.05, 3.63) is 64.3 Å². The second-order valence-electron chi connectivity index (χ2n) is 7.32. The van der Waals surface area contributed by atoms with Crippen molar-refractivity contribution in [1.29, 1.82) is 0 Å². The highest BCUT2D eigenvalue weighted by molar-refractivity contribution is 6.08. The van der Waals surface area contributed by atoms with Crippen LogP contribution in [0.15, 0.2) is 48.5 Å². The molecule has 9 heteroatoms. The molecule has 1 aromatic heterocycles. The third kappa shape index (κ3) is 3.69. The van der Waals surface area contributed by atoms with E-state index in [1.165, 1.54) is 6.07 Å². The van der Waals surface area contributed by atoms with Gasteiger partial charge in [0.2, 0.25) is 5.91 Å². The fourth-order valence-corrected chi connectivity index (χ4v) is 3.86. The Morgan fingerprint density at radius 2 is 1.87 bits per heavy atom. The molecule has 2 amide bonds. The molecule has 0 spiro atoms. The van der Waals surface area contributed by atoms with Crippen molar-refractivity contribution in [1.82, 2.24) is 4.98 Å². The Bertz CT molecular complexity index is 1130. The standard InChI is InChI=1S/C21H21N5O4/c22-20(27)13-8-10-25(11-9-13)17-6-2-1-5-15(17)24-21(28)16-12-14-4-3-7-18(26(29)30)19(14)23-16/h1-7,12-13,23H,8-11H2,(H2,22,27)(H,24,28). The Balaban J connectivity index is 1.56. The average molecular weight is 407 g/mol. The molecule has 3 aromatic rings. The molecule has 1 aliphatic heterocycles. The molecule has 4 rings (SSSR count). The highest BCUT2D eigenvalue weighted by Gasteiger charge is 2.25. The number of aromatic amines is 1. The summed E-state index contributed by atoms with van der Waals surface area (Å²) in [5, 5.41) is 14.7. The quantitative estimate of drug-likeness (QED) is 0.441. The van der Waals surface area contributed by atoms with Gasteiger partial charge in [-0.2, -0.15) is 0 Å². The predicted molar refractivity (Wildman–Crippen MR) is 113 cm³/mol. The number of hydrogen-bond acceptors (Lipinski definition) is 5. The van der Waals surface area contributed by atoms with Gasteiger partial charge in [-0.05, 0) is 31.0 Å². The van der Waals surface area contributed by atoms with Crippen LogP contribution in [0.1, 0.15) is 23.3 Å². The van der Waals surface area contributed by atoms with Gasteiger partial charge in [-0.25, -0.2) is 0 Å². The van der Waals surface area contributed by atoms with E-state index < -0.39 is 4.92 Å². The smallest absolute Gasteiger partial charge is 0.293 e. The van der Waals surface area contributed by atoms with Crippen LogP contribution >= 0.6 is 0 Å². The third-order valence-electron chi connectivity index (χ3n) is 5.47. The molecule has 1 saturated heterocycles. The zero-order chi connectivity index (χ0) is 21.3. The number of non-ortho nitro benzene ring substituents is 1. The van der Waals surface area contributed by atoms with Gasteiger partial charge >= 0.3 is 0 Å². The van der Waals surface area contributed by atoms with Gasteiger partial charge in [0.15, 0.2) is 0 Å². The molecule has 1 fully saturated rings. The molecule has 0 bridgehead atoms. The first kappa shape index (κ1) is 19.4. The van der Waals surface area contributed by atoms with Crippen LogP contribution in [0.2, 0.25) is 0 Å². The van der Waals surface area contributed by atoms with Gasteiger partial charge in [0.25, 0.3) is 11.6 Å². The summed E-state index contributed by atoms with van der Waals surface area (Å²) >= 11 is 0. The molecule has 1 aliphatic rings. The van der Waals surface area contributed by atoms with E-state index in [0.717, 1.165) is 5.69 Å². The van der Waals surface area contributed by atoms with E-state index in [-0.39, 0.29) is 29.1 Å². The molecule has 0 aliphatic carbocycles. The zero-order valence-electron chi connectivity index (χ0n) is 16.1. The minimum Gasteiger partial charge on any atom is -0.370 e. The molecule has 0 saturated carbocycles. The van der Waals surface area contributed by atoms with E-state index in [1.54, 1.807) is 24.3 Å². The van der Waals surface area contributed by atoms with Crippen LogP contribution in [0.3, 0.4) is 0 Å². The number of carbonyl (C=O) groups excluding carboxylic acids is 2. The van der Waals surface area contributed by atoms with Gasteiger partial charge in [0, 0.05) is 30.5 Å². The summed E-state index contributed by atoms with van der Waals surface area (Å²) in [7, 11) is 0. The molecule has 154 valence electrons. The van der Waals surface area contributed by atoms with Crippen LogP contribution in [-0.2, 0) is 4.79 Å². The highest BCUT2D eigenvalue weighted by atomic mass is 16.6. The zero-order valence-corrected chi connectivity index (χ0v) is 16.1. The number of para-hydroxylation sites is 3. The van der Waals surface area contributed by atoms with Crippen molar-refractivity contribution in [2.24, 2.45) is 11.7 Å². The lowest BCUT2D eigenvalue weighted by Gasteiger charge is -2.33. The number of primary amides is 1. The summed E-state index contributed by atoms with van der Waals surface area (Å²) < 4.78 is 0. The van der Waals surface area contributed by atoms with Crippen molar-refractivity contribution < 1.29 is 14.5 Å². The number of amides is 2. The summed E-state index contributed by atoms with van der Waals surface area (Å²) in [4.78, 5) is 40.0. The normalized spacial score (nSPS) is 14.6. The Morgan fingerprint density at radius 3 is 2.57 bits per heavy atom. The number of nitrogens with one attached hydrogen (secondary N) is 2. The number of nitro groups is 1. The molecule has 2 heterocycles. The summed E-state index contributed by atoms with van der Waals surface area (Å²) in [5.74, 6) is -0.783. The number of piperidine rings is 1. The van der Waals surface area contributed by atoms with Crippen LogP contribution < -0.4 is 16.0 Å². The van der Waals surface area contributed by atoms with E-state index in [4.69, 9.17) is 5.73 Å². The molecule has 30 heavy (non-hydrogen) atoms. The molecule has 0 unspecified atom stereocenters. The number of nitrogens with zero attached hydrogens (tertiary/aromatic N) is 2. The van der Waals surface area contributed by atoms with Crippen LogP contribution in [0.25, 0.3) is 10.9 Å². The first-order valence-corrected chi connectivity index (χ1v) is 9.65. The van der Waals surface area contributed by atoms with Gasteiger partial charge in [0.05, 0.1) is 16.3 Å². The predicted octanol–water partition coefficient (Wildman–Crippen LogP) is 3.03. The van der Waals surface area contributed by atoms with Crippen LogP contribution in [0.4, 0.5) is 17.1 Å². The lowest BCUT2D eigenvalue weighted by molar-refractivity contribution is -0.383.